The lowest BCUT2D eigenvalue weighted by Crippen LogP contribution is -2.34. The van der Waals surface area contributed by atoms with E-state index in [-0.39, 0.29) is 11.8 Å². The standard InChI is InChI=1S/C17H18ClN3O2S/c1-3-21(9-12(2)8-19)17(22)15-11-24-16(20-15)10-23-14-6-4-13(18)5-7-14/h4-7,11-12H,3,9-10H2,1-2H3. The van der Waals surface area contributed by atoms with Crippen LogP contribution in [-0.2, 0) is 6.61 Å². The second-order valence-electron chi connectivity index (χ2n) is 5.24. The fraction of sp³-hybridized carbons (Fsp3) is 0.353. The molecule has 2 aromatic rings. The predicted molar refractivity (Wildman–Crippen MR) is 94.3 cm³/mol. The molecule has 0 N–H and O–H groups in total. The van der Waals surface area contributed by atoms with Gasteiger partial charge in [-0.15, -0.1) is 11.3 Å². The minimum atomic E-state index is -0.208. The van der Waals surface area contributed by atoms with Gasteiger partial charge in [-0.3, -0.25) is 4.79 Å². The molecule has 126 valence electrons. The smallest absolute Gasteiger partial charge is 0.273 e. The molecule has 0 spiro atoms. The molecule has 1 atom stereocenters. The van der Waals surface area contributed by atoms with Crippen molar-refractivity contribution in [2.24, 2.45) is 5.92 Å². The number of thiazole rings is 1. The van der Waals surface area contributed by atoms with Gasteiger partial charge in [0.2, 0.25) is 0 Å². The van der Waals surface area contributed by atoms with E-state index >= 15 is 0 Å². The molecule has 0 radical (unpaired) electrons. The number of amides is 1. The average molecular weight is 364 g/mol. The minimum absolute atomic E-state index is 0.159. The number of aromatic nitrogens is 1. The molecule has 0 aliphatic rings. The van der Waals surface area contributed by atoms with Crippen LogP contribution in [0.4, 0.5) is 0 Å². The van der Waals surface area contributed by atoms with E-state index in [2.05, 4.69) is 11.1 Å². The Morgan fingerprint density at radius 3 is 2.79 bits per heavy atom. The molecule has 0 aliphatic heterocycles. The number of carbonyl (C=O) groups is 1. The van der Waals surface area contributed by atoms with Crippen molar-refractivity contribution in [1.82, 2.24) is 9.88 Å². The van der Waals surface area contributed by atoms with E-state index in [9.17, 15) is 4.79 Å². The quantitative estimate of drug-likeness (QED) is 0.745. The molecule has 1 aromatic heterocycles. The number of rotatable bonds is 7. The lowest BCUT2D eigenvalue weighted by molar-refractivity contribution is 0.0747. The number of ether oxygens (including phenoxy) is 1. The van der Waals surface area contributed by atoms with Crippen molar-refractivity contribution in [3.8, 4) is 11.8 Å². The van der Waals surface area contributed by atoms with Crippen molar-refractivity contribution in [1.29, 1.82) is 5.26 Å². The highest BCUT2D eigenvalue weighted by Crippen LogP contribution is 2.19. The molecule has 2 rings (SSSR count). The van der Waals surface area contributed by atoms with Crippen LogP contribution in [0.5, 0.6) is 5.75 Å². The summed E-state index contributed by atoms with van der Waals surface area (Å²) < 4.78 is 5.63. The van der Waals surface area contributed by atoms with E-state index in [1.807, 2.05) is 6.92 Å². The molecule has 0 saturated carbocycles. The van der Waals surface area contributed by atoms with E-state index in [1.165, 1.54) is 11.3 Å². The van der Waals surface area contributed by atoms with Crippen molar-refractivity contribution in [3.63, 3.8) is 0 Å². The zero-order valence-electron chi connectivity index (χ0n) is 13.5. The Balaban J connectivity index is 1.97. The Morgan fingerprint density at radius 2 is 2.17 bits per heavy atom. The van der Waals surface area contributed by atoms with Crippen LogP contribution in [-0.4, -0.2) is 28.9 Å². The summed E-state index contributed by atoms with van der Waals surface area (Å²) >= 11 is 7.21. The molecular formula is C17H18ClN3O2S. The van der Waals surface area contributed by atoms with Gasteiger partial charge in [0.05, 0.1) is 12.0 Å². The molecule has 1 unspecified atom stereocenters. The molecule has 0 bridgehead atoms. The van der Waals surface area contributed by atoms with E-state index in [0.29, 0.717) is 36.2 Å². The summed E-state index contributed by atoms with van der Waals surface area (Å²) in [6, 6.07) is 9.21. The van der Waals surface area contributed by atoms with Gasteiger partial charge in [-0.2, -0.15) is 5.26 Å². The number of nitrogens with zero attached hydrogens (tertiary/aromatic N) is 3. The lowest BCUT2D eigenvalue weighted by Gasteiger charge is -2.20. The Bertz CT molecular complexity index is 724. The molecule has 24 heavy (non-hydrogen) atoms. The van der Waals surface area contributed by atoms with Crippen LogP contribution in [0.15, 0.2) is 29.6 Å². The van der Waals surface area contributed by atoms with Crippen LogP contribution in [0, 0.1) is 17.2 Å². The molecular weight excluding hydrogens is 346 g/mol. The Morgan fingerprint density at radius 1 is 1.46 bits per heavy atom. The summed E-state index contributed by atoms with van der Waals surface area (Å²) in [6.45, 7) is 4.92. The summed E-state index contributed by atoms with van der Waals surface area (Å²) in [7, 11) is 0. The van der Waals surface area contributed by atoms with Gasteiger partial charge in [-0.25, -0.2) is 4.98 Å². The Kier molecular flexibility index (Phi) is 6.59. The van der Waals surface area contributed by atoms with Gasteiger partial charge in [-0.1, -0.05) is 11.6 Å². The van der Waals surface area contributed by atoms with E-state index in [0.717, 1.165) is 5.01 Å². The van der Waals surface area contributed by atoms with Gasteiger partial charge in [0.15, 0.2) is 0 Å². The van der Waals surface area contributed by atoms with Gasteiger partial charge in [0, 0.05) is 23.5 Å². The number of halogens is 1. The summed E-state index contributed by atoms with van der Waals surface area (Å²) in [5.41, 5.74) is 0.390. The van der Waals surface area contributed by atoms with Crippen LogP contribution in [0.1, 0.15) is 29.3 Å². The molecule has 7 heteroatoms. The monoisotopic (exact) mass is 363 g/mol. The van der Waals surface area contributed by atoms with Crippen molar-refractivity contribution in [3.05, 3.63) is 45.4 Å². The van der Waals surface area contributed by atoms with Gasteiger partial charge in [-0.05, 0) is 38.1 Å². The SMILES string of the molecule is CCN(CC(C)C#N)C(=O)c1csc(COc2ccc(Cl)cc2)n1. The zero-order chi connectivity index (χ0) is 17.5. The first-order valence-corrected chi connectivity index (χ1v) is 8.81. The van der Waals surface area contributed by atoms with Crippen molar-refractivity contribution < 1.29 is 9.53 Å². The largest absolute Gasteiger partial charge is 0.486 e. The van der Waals surface area contributed by atoms with Crippen LogP contribution in [0.3, 0.4) is 0 Å². The first-order chi connectivity index (χ1) is 11.5. The maximum Gasteiger partial charge on any atom is 0.273 e. The average Bonchev–Trinajstić information content (AvgIpc) is 3.07. The number of benzene rings is 1. The topological polar surface area (TPSA) is 66.2 Å². The molecule has 5 nitrogen and oxygen atoms in total. The third kappa shape index (κ3) is 4.95. The van der Waals surface area contributed by atoms with Crippen molar-refractivity contribution >= 4 is 28.8 Å². The van der Waals surface area contributed by atoms with Crippen LogP contribution in [0.25, 0.3) is 0 Å². The highest BCUT2D eigenvalue weighted by Gasteiger charge is 2.19. The number of carbonyl (C=O) groups excluding carboxylic acids is 1. The zero-order valence-corrected chi connectivity index (χ0v) is 15.1. The third-order valence-corrected chi connectivity index (χ3v) is 4.40. The Hall–Kier alpha value is -2.10. The number of hydrogen-bond donors (Lipinski definition) is 0. The first-order valence-electron chi connectivity index (χ1n) is 7.55. The van der Waals surface area contributed by atoms with Gasteiger partial charge >= 0.3 is 0 Å². The molecule has 0 saturated heterocycles. The Labute approximate surface area is 150 Å². The summed E-state index contributed by atoms with van der Waals surface area (Å²) in [5, 5.41) is 12.0. The normalized spacial score (nSPS) is 11.6. The molecule has 1 aromatic carbocycles. The van der Waals surface area contributed by atoms with E-state index < -0.39 is 0 Å². The van der Waals surface area contributed by atoms with Gasteiger partial charge in [0.1, 0.15) is 23.1 Å². The highest BCUT2D eigenvalue weighted by molar-refractivity contribution is 7.09. The fourth-order valence-electron chi connectivity index (χ4n) is 2.04. The second-order valence-corrected chi connectivity index (χ2v) is 6.62. The summed E-state index contributed by atoms with van der Waals surface area (Å²) in [6.07, 6.45) is 0. The lowest BCUT2D eigenvalue weighted by atomic mass is 10.2. The molecule has 1 amide bonds. The minimum Gasteiger partial charge on any atom is -0.486 e. The van der Waals surface area contributed by atoms with Crippen LogP contribution < -0.4 is 4.74 Å². The van der Waals surface area contributed by atoms with Crippen LogP contribution in [0.2, 0.25) is 5.02 Å². The van der Waals surface area contributed by atoms with Crippen LogP contribution >= 0.6 is 22.9 Å². The predicted octanol–water partition coefficient (Wildman–Crippen LogP) is 4.00. The molecule has 1 heterocycles. The molecule has 0 fully saturated rings. The highest BCUT2D eigenvalue weighted by atomic mass is 35.5. The maximum absolute atomic E-state index is 12.5. The number of nitriles is 1. The fourth-order valence-corrected chi connectivity index (χ4v) is 2.85. The first kappa shape index (κ1) is 18.2. The maximum atomic E-state index is 12.5. The van der Waals surface area contributed by atoms with E-state index in [4.69, 9.17) is 21.6 Å². The number of hydrogen-bond acceptors (Lipinski definition) is 5. The summed E-state index contributed by atoms with van der Waals surface area (Å²) in [4.78, 5) is 18.4. The van der Waals surface area contributed by atoms with Gasteiger partial charge < -0.3 is 9.64 Å². The van der Waals surface area contributed by atoms with Crippen molar-refractivity contribution in [2.45, 2.75) is 20.5 Å². The van der Waals surface area contributed by atoms with E-state index in [1.54, 1.807) is 41.5 Å². The third-order valence-electron chi connectivity index (χ3n) is 3.33. The van der Waals surface area contributed by atoms with Gasteiger partial charge in [0.25, 0.3) is 5.91 Å². The summed E-state index contributed by atoms with van der Waals surface area (Å²) in [5.74, 6) is 0.328. The second kappa shape index (κ2) is 8.67. The molecule has 0 aliphatic carbocycles. The van der Waals surface area contributed by atoms with Crippen molar-refractivity contribution in [2.75, 3.05) is 13.1 Å².